The molecule has 0 fully saturated rings. The zero-order valence-corrected chi connectivity index (χ0v) is 13.0. The van der Waals surface area contributed by atoms with E-state index in [1.165, 1.54) is 0 Å². The predicted octanol–water partition coefficient (Wildman–Crippen LogP) is 1.37. The zero-order chi connectivity index (χ0) is 15.9. The van der Waals surface area contributed by atoms with Crippen LogP contribution in [0.25, 0.3) is 0 Å². The van der Waals surface area contributed by atoms with Crippen molar-refractivity contribution in [1.82, 2.24) is 10.6 Å². The lowest BCUT2D eigenvalue weighted by atomic mass is 10.1. The van der Waals surface area contributed by atoms with Gasteiger partial charge in [-0.05, 0) is 19.3 Å². The van der Waals surface area contributed by atoms with Crippen molar-refractivity contribution in [3.8, 4) is 0 Å². The molecular weight excluding hydrogens is 276 g/mol. The molecule has 0 aliphatic heterocycles. The molecule has 0 bridgehead atoms. The van der Waals surface area contributed by atoms with Gasteiger partial charge in [0.15, 0.2) is 0 Å². The molecule has 0 aliphatic rings. The SMILES string of the molecule is CCCC(CC(=O)O)NC(=O)NCCCCOCCOC. The van der Waals surface area contributed by atoms with Gasteiger partial charge in [0.25, 0.3) is 0 Å². The Labute approximate surface area is 126 Å². The Balaban J connectivity index is 3.61. The van der Waals surface area contributed by atoms with Gasteiger partial charge in [-0.3, -0.25) is 4.79 Å². The van der Waals surface area contributed by atoms with Gasteiger partial charge in [0.1, 0.15) is 0 Å². The first-order chi connectivity index (χ1) is 10.1. The quantitative estimate of drug-likeness (QED) is 0.447. The van der Waals surface area contributed by atoms with Gasteiger partial charge in [-0.1, -0.05) is 13.3 Å². The highest BCUT2D eigenvalue weighted by atomic mass is 16.5. The van der Waals surface area contributed by atoms with Crippen molar-refractivity contribution >= 4 is 12.0 Å². The van der Waals surface area contributed by atoms with E-state index in [0.717, 1.165) is 19.3 Å². The standard InChI is InChI=1S/C14H28N2O5/c1-3-6-12(11-13(17)18)16-14(19)15-7-4-5-8-21-10-9-20-2/h12H,3-11H2,1-2H3,(H,17,18)(H2,15,16,19). The largest absolute Gasteiger partial charge is 0.481 e. The van der Waals surface area contributed by atoms with Crippen molar-refractivity contribution in [2.75, 3.05) is 33.5 Å². The Morgan fingerprint density at radius 2 is 1.95 bits per heavy atom. The van der Waals surface area contributed by atoms with E-state index in [1.54, 1.807) is 7.11 Å². The second-order valence-corrected chi connectivity index (χ2v) is 4.80. The highest BCUT2D eigenvalue weighted by molar-refractivity contribution is 5.75. The Hall–Kier alpha value is -1.34. The molecule has 1 unspecified atom stereocenters. The molecule has 0 aliphatic carbocycles. The highest BCUT2D eigenvalue weighted by Gasteiger charge is 2.14. The number of hydrogen-bond acceptors (Lipinski definition) is 4. The number of amides is 2. The number of aliphatic carboxylic acids is 1. The lowest BCUT2D eigenvalue weighted by Crippen LogP contribution is -2.43. The van der Waals surface area contributed by atoms with Crippen LogP contribution in [0.2, 0.25) is 0 Å². The number of ether oxygens (including phenoxy) is 2. The second-order valence-electron chi connectivity index (χ2n) is 4.80. The van der Waals surface area contributed by atoms with Crippen molar-refractivity contribution < 1.29 is 24.2 Å². The first kappa shape index (κ1) is 19.7. The number of carboxylic acid groups (broad SMARTS) is 1. The van der Waals surface area contributed by atoms with Crippen LogP contribution in [0.4, 0.5) is 4.79 Å². The first-order valence-corrected chi connectivity index (χ1v) is 7.43. The van der Waals surface area contributed by atoms with E-state index in [0.29, 0.717) is 32.8 Å². The van der Waals surface area contributed by atoms with Crippen LogP contribution in [0.3, 0.4) is 0 Å². The van der Waals surface area contributed by atoms with E-state index in [1.807, 2.05) is 6.92 Å². The number of nitrogens with one attached hydrogen (secondary N) is 2. The molecule has 0 aromatic heterocycles. The minimum absolute atomic E-state index is 0.0470. The number of carboxylic acids is 1. The van der Waals surface area contributed by atoms with Gasteiger partial charge in [-0.25, -0.2) is 4.79 Å². The molecule has 7 nitrogen and oxygen atoms in total. The fourth-order valence-corrected chi connectivity index (χ4v) is 1.80. The van der Waals surface area contributed by atoms with Gasteiger partial charge < -0.3 is 25.2 Å². The fraction of sp³-hybridized carbons (Fsp3) is 0.857. The maximum absolute atomic E-state index is 11.6. The minimum atomic E-state index is -0.901. The number of unbranched alkanes of at least 4 members (excludes halogenated alkanes) is 1. The lowest BCUT2D eigenvalue weighted by molar-refractivity contribution is -0.137. The van der Waals surface area contributed by atoms with E-state index < -0.39 is 5.97 Å². The average Bonchev–Trinajstić information content (AvgIpc) is 2.41. The zero-order valence-electron chi connectivity index (χ0n) is 13.0. The Morgan fingerprint density at radius 3 is 2.57 bits per heavy atom. The summed E-state index contributed by atoms with van der Waals surface area (Å²) >= 11 is 0. The molecule has 2 amide bonds. The van der Waals surface area contributed by atoms with Crippen molar-refractivity contribution in [3.05, 3.63) is 0 Å². The van der Waals surface area contributed by atoms with E-state index in [2.05, 4.69) is 10.6 Å². The molecule has 0 saturated heterocycles. The van der Waals surface area contributed by atoms with Crippen LogP contribution in [0.5, 0.6) is 0 Å². The average molecular weight is 304 g/mol. The van der Waals surface area contributed by atoms with Gasteiger partial charge >= 0.3 is 12.0 Å². The van der Waals surface area contributed by atoms with Crippen LogP contribution in [0.1, 0.15) is 39.0 Å². The maximum Gasteiger partial charge on any atom is 0.315 e. The Morgan fingerprint density at radius 1 is 1.19 bits per heavy atom. The van der Waals surface area contributed by atoms with Crippen LogP contribution in [-0.2, 0) is 14.3 Å². The molecule has 7 heteroatoms. The lowest BCUT2D eigenvalue weighted by Gasteiger charge is -2.16. The molecule has 0 spiro atoms. The van der Waals surface area contributed by atoms with Gasteiger partial charge in [0, 0.05) is 26.3 Å². The number of rotatable bonds is 13. The van der Waals surface area contributed by atoms with E-state index >= 15 is 0 Å². The summed E-state index contributed by atoms with van der Waals surface area (Å²) in [6.07, 6.45) is 3.12. The molecule has 0 rings (SSSR count). The summed E-state index contributed by atoms with van der Waals surface area (Å²) < 4.78 is 10.2. The minimum Gasteiger partial charge on any atom is -0.481 e. The summed E-state index contributed by atoms with van der Waals surface area (Å²) in [6, 6.07) is -0.625. The van der Waals surface area contributed by atoms with Gasteiger partial charge in [-0.2, -0.15) is 0 Å². The Kier molecular flexibility index (Phi) is 12.8. The monoisotopic (exact) mass is 304 g/mol. The molecule has 124 valence electrons. The third-order valence-corrected chi connectivity index (χ3v) is 2.83. The molecular formula is C14H28N2O5. The molecule has 0 aromatic rings. The molecule has 0 aromatic carbocycles. The Bertz CT molecular complexity index is 287. The smallest absolute Gasteiger partial charge is 0.315 e. The number of carbonyl (C=O) groups excluding carboxylic acids is 1. The number of hydrogen-bond donors (Lipinski definition) is 3. The molecule has 0 heterocycles. The maximum atomic E-state index is 11.6. The van der Waals surface area contributed by atoms with Gasteiger partial charge in [0.2, 0.25) is 0 Å². The van der Waals surface area contributed by atoms with E-state index in [-0.39, 0.29) is 18.5 Å². The van der Waals surface area contributed by atoms with Crippen LogP contribution in [0, 0.1) is 0 Å². The van der Waals surface area contributed by atoms with Gasteiger partial charge in [0.05, 0.1) is 19.6 Å². The van der Waals surface area contributed by atoms with Crippen molar-refractivity contribution in [1.29, 1.82) is 0 Å². The third-order valence-electron chi connectivity index (χ3n) is 2.83. The van der Waals surface area contributed by atoms with Crippen molar-refractivity contribution in [2.45, 2.75) is 45.1 Å². The predicted molar refractivity (Wildman–Crippen MR) is 79.4 cm³/mol. The molecule has 1 atom stereocenters. The summed E-state index contributed by atoms with van der Waals surface area (Å²) in [5, 5.41) is 14.2. The summed E-state index contributed by atoms with van der Waals surface area (Å²) in [6.45, 7) is 4.31. The van der Waals surface area contributed by atoms with Gasteiger partial charge in [-0.15, -0.1) is 0 Å². The normalized spacial score (nSPS) is 11.9. The molecule has 21 heavy (non-hydrogen) atoms. The number of urea groups is 1. The number of carbonyl (C=O) groups is 2. The van der Waals surface area contributed by atoms with Crippen molar-refractivity contribution in [2.24, 2.45) is 0 Å². The summed E-state index contributed by atoms with van der Waals surface area (Å²) in [5.74, 6) is -0.901. The number of methoxy groups -OCH3 is 1. The topological polar surface area (TPSA) is 96.9 Å². The summed E-state index contributed by atoms with van der Waals surface area (Å²) in [5.41, 5.74) is 0. The first-order valence-electron chi connectivity index (χ1n) is 7.43. The summed E-state index contributed by atoms with van der Waals surface area (Å²) in [4.78, 5) is 22.3. The molecule has 0 saturated carbocycles. The molecule has 3 N–H and O–H groups in total. The molecule has 0 radical (unpaired) electrons. The van der Waals surface area contributed by atoms with Crippen LogP contribution >= 0.6 is 0 Å². The van der Waals surface area contributed by atoms with Crippen molar-refractivity contribution in [3.63, 3.8) is 0 Å². The van der Waals surface area contributed by atoms with E-state index in [9.17, 15) is 9.59 Å². The second kappa shape index (κ2) is 13.6. The summed E-state index contributed by atoms with van der Waals surface area (Å²) in [7, 11) is 1.63. The van der Waals surface area contributed by atoms with E-state index in [4.69, 9.17) is 14.6 Å². The van der Waals surface area contributed by atoms with Crippen LogP contribution in [-0.4, -0.2) is 56.6 Å². The highest BCUT2D eigenvalue weighted by Crippen LogP contribution is 2.01. The fourth-order valence-electron chi connectivity index (χ4n) is 1.80. The van der Waals surface area contributed by atoms with Crippen LogP contribution in [0.15, 0.2) is 0 Å². The van der Waals surface area contributed by atoms with Crippen LogP contribution < -0.4 is 10.6 Å². The third kappa shape index (κ3) is 13.4.